The molecule has 1 aliphatic carbocycles. The molecule has 0 unspecified atom stereocenters. The molecule has 0 aliphatic heterocycles. The lowest BCUT2D eigenvalue weighted by Crippen LogP contribution is -2.24. The zero-order chi connectivity index (χ0) is 13.7. The molecular weight excluding hydrogens is 236 g/mol. The smallest absolute Gasteiger partial charge is 0.0587 e. The second-order valence-corrected chi connectivity index (χ2v) is 5.63. The summed E-state index contributed by atoms with van der Waals surface area (Å²) >= 11 is 0. The molecule has 1 aliphatic rings. The number of nitrogens with one attached hydrogen (secondary N) is 1. The molecule has 0 heterocycles. The van der Waals surface area contributed by atoms with Gasteiger partial charge in [-0.15, -0.1) is 0 Å². The average Bonchev–Trinajstić information content (AvgIpc) is 3.18. The minimum atomic E-state index is 0.763. The molecule has 0 saturated heterocycles. The molecule has 1 aromatic rings. The van der Waals surface area contributed by atoms with Gasteiger partial charge in [0.2, 0.25) is 0 Å². The highest BCUT2D eigenvalue weighted by Crippen LogP contribution is 2.32. The number of ether oxygens (including phenoxy) is 1. The lowest BCUT2D eigenvalue weighted by atomic mass is 10.1. The standard InChI is InChI=1S/C16H26N2O/c1-13-4-7-16(18(2)12-14-5-6-14)15(10-13)11-17-8-9-19-3/h4,7,10,14,17H,5-6,8-9,11-12H2,1-3H3. The number of aryl methyl sites for hydroxylation is 1. The van der Waals surface area contributed by atoms with Crippen molar-refractivity contribution in [2.24, 2.45) is 5.92 Å². The van der Waals surface area contributed by atoms with Crippen LogP contribution in [0.4, 0.5) is 5.69 Å². The summed E-state index contributed by atoms with van der Waals surface area (Å²) in [5.74, 6) is 0.917. The average molecular weight is 262 g/mol. The highest BCUT2D eigenvalue weighted by Gasteiger charge is 2.23. The number of hydrogen-bond acceptors (Lipinski definition) is 3. The maximum atomic E-state index is 5.07. The highest BCUT2D eigenvalue weighted by atomic mass is 16.5. The number of rotatable bonds is 8. The third-order valence-corrected chi connectivity index (χ3v) is 3.67. The molecular formula is C16H26N2O. The van der Waals surface area contributed by atoms with Gasteiger partial charge in [-0.3, -0.25) is 0 Å². The van der Waals surface area contributed by atoms with Crippen LogP contribution in [0.3, 0.4) is 0 Å². The molecule has 0 radical (unpaired) electrons. The molecule has 19 heavy (non-hydrogen) atoms. The fourth-order valence-corrected chi connectivity index (χ4v) is 2.41. The van der Waals surface area contributed by atoms with Crippen molar-refractivity contribution in [3.8, 4) is 0 Å². The molecule has 0 aromatic heterocycles. The summed E-state index contributed by atoms with van der Waals surface area (Å²) in [4.78, 5) is 2.41. The minimum absolute atomic E-state index is 0.763. The van der Waals surface area contributed by atoms with Gasteiger partial charge < -0.3 is 15.0 Å². The van der Waals surface area contributed by atoms with Crippen molar-refractivity contribution >= 4 is 5.69 Å². The Bertz CT molecular complexity index is 402. The Kier molecular flexibility index (Phi) is 5.23. The van der Waals surface area contributed by atoms with Gasteiger partial charge in [0.05, 0.1) is 6.61 Å². The van der Waals surface area contributed by atoms with E-state index in [1.807, 2.05) is 0 Å². The van der Waals surface area contributed by atoms with Crippen molar-refractivity contribution in [3.63, 3.8) is 0 Å². The van der Waals surface area contributed by atoms with Crippen LogP contribution in [0.2, 0.25) is 0 Å². The fraction of sp³-hybridized carbons (Fsp3) is 0.625. The van der Waals surface area contributed by atoms with Gasteiger partial charge in [-0.05, 0) is 37.3 Å². The van der Waals surface area contributed by atoms with Gasteiger partial charge in [0.1, 0.15) is 0 Å². The van der Waals surface area contributed by atoms with E-state index in [0.29, 0.717) is 0 Å². The van der Waals surface area contributed by atoms with Crippen LogP contribution in [-0.4, -0.2) is 33.9 Å². The molecule has 0 amide bonds. The highest BCUT2D eigenvalue weighted by molar-refractivity contribution is 5.54. The first-order chi connectivity index (χ1) is 9.20. The Morgan fingerprint density at radius 2 is 2.16 bits per heavy atom. The quantitative estimate of drug-likeness (QED) is 0.729. The minimum Gasteiger partial charge on any atom is -0.383 e. The molecule has 1 N–H and O–H groups in total. The first-order valence-corrected chi connectivity index (χ1v) is 7.21. The van der Waals surface area contributed by atoms with Gasteiger partial charge in [0.15, 0.2) is 0 Å². The van der Waals surface area contributed by atoms with Crippen molar-refractivity contribution in [1.82, 2.24) is 5.32 Å². The van der Waals surface area contributed by atoms with Crippen LogP contribution in [0.1, 0.15) is 24.0 Å². The summed E-state index contributed by atoms with van der Waals surface area (Å²) in [7, 11) is 3.95. The maximum Gasteiger partial charge on any atom is 0.0587 e. The lowest BCUT2D eigenvalue weighted by molar-refractivity contribution is 0.199. The second kappa shape index (κ2) is 6.92. The van der Waals surface area contributed by atoms with Crippen molar-refractivity contribution in [2.45, 2.75) is 26.3 Å². The van der Waals surface area contributed by atoms with Gasteiger partial charge >= 0.3 is 0 Å². The molecule has 1 fully saturated rings. The zero-order valence-corrected chi connectivity index (χ0v) is 12.4. The predicted molar refractivity (Wildman–Crippen MR) is 80.8 cm³/mol. The van der Waals surface area contributed by atoms with E-state index in [-0.39, 0.29) is 0 Å². The van der Waals surface area contributed by atoms with Gasteiger partial charge in [-0.2, -0.15) is 0 Å². The summed E-state index contributed by atoms with van der Waals surface area (Å²) in [6.45, 7) is 5.92. The van der Waals surface area contributed by atoms with Gasteiger partial charge in [0.25, 0.3) is 0 Å². The summed E-state index contributed by atoms with van der Waals surface area (Å²) in [6, 6.07) is 6.75. The number of benzene rings is 1. The second-order valence-electron chi connectivity index (χ2n) is 5.63. The molecule has 0 bridgehead atoms. The Hall–Kier alpha value is -1.06. The first kappa shape index (κ1) is 14.4. The fourth-order valence-electron chi connectivity index (χ4n) is 2.41. The third kappa shape index (κ3) is 4.51. The van der Waals surface area contributed by atoms with Gasteiger partial charge in [-0.25, -0.2) is 0 Å². The molecule has 3 heteroatoms. The van der Waals surface area contributed by atoms with Crippen LogP contribution in [0.25, 0.3) is 0 Å². The Morgan fingerprint density at radius 3 is 2.84 bits per heavy atom. The monoisotopic (exact) mass is 262 g/mol. The Morgan fingerprint density at radius 1 is 1.37 bits per heavy atom. The van der Waals surface area contributed by atoms with E-state index in [1.54, 1.807) is 7.11 Å². The van der Waals surface area contributed by atoms with Crippen LogP contribution < -0.4 is 10.2 Å². The van der Waals surface area contributed by atoms with Gasteiger partial charge in [0, 0.05) is 39.5 Å². The SMILES string of the molecule is COCCNCc1cc(C)ccc1N(C)CC1CC1. The Labute approximate surface area is 116 Å². The normalized spacial score (nSPS) is 14.7. The summed E-state index contributed by atoms with van der Waals surface area (Å²) in [6.07, 6.45) is 2.80. The molecule has 1 saturated carbocycles. The summed E-state index contributed by atoms with van der Waals surface area (Å²) < 4.78 is 5.07. The van der Waals surface area contributed by atoms with Crippen molar-refractivity contribution in [2.75, 3.05) is 38.8 Å². The molecule has 2 rings (SSSR count). The van der Waals surface area contributed by atoms with Crippen molar-refractivity contribution in [1.29, 1.82) is 0 Å². The lowest BCUT2D eigenvalue weighted by Gasteiger charge is -2.23. The Balaban J connectivity index is 1.98. The van der Waals surface area contributed by atoms with Crippen LogP contribution in [0.15, 0.2) is 18.2 Å². The molecule has 0 spiro atoms. The third-order valence-electron chi connectivity index (χ3n) is 3.67. The van der Waals surface area contributed by atoms with Crippen LogP contribution in [-0.2, 0) is 11.3 Å². The van der Waals surface area contributed by atoms with Crippen molar-refractivity contribution < 1.29 is 4.74 Å². The first-order valence-electron chi connectivity index (χ1n) is 7.21. The number of anilines is 1. The largest absolute Gasteiger partial charge is 0.383 e. The van der Waals surface area contributed by atoms with E-state index >= 15 is 0 Å². The summed E-state index contributed by atoms with van der Waals surface area (Å²) in [5.41, 5.74) is 4.08. The maximum absolute atomic E-state index is 5.07. The topological polar surface area (TPSA) is 24.5 Å². The summed E-state index contributed by atoms with van der Waals surface area (Å²) in [5, 5.41) is 3.44. The van der Waals surface area contributed by atoms with E-state index in [4.69, 9.17) is 4.74 Å². The molecule has 1 aromatic carbocycles. The van der Waals surface area contributed by atoms with Gasteiger partial charge in [-0.1, -0.05) is 17.7 Å². The number of methoxy groups -OCH3 is 1. The van der Waals surface area contributed by atoms with Crippen LogP contribution in [0.5, 0.6) is 0 Å². The van der Waals surface area contributed by atoms with Crippen molar-refractivity contribution in [3.05, 3.63) is 29.3 Å². The number of nitrogens with zero attached hydrogens (tertiary/aromatic N) is 1. The molecule has 3 nitrogen and oxygen atoms in total. The van der Waals surface area contributed by atoms with Crippen LogP contribution >= 0.6 is 0 Å². The van der Waals surface area contributed by atoms with Crippen LogP contribution in [0, 0.1) is 12.8 Å². The van der Waals surface area contributed by atoms with E-state index in [9.17, 15) is 0 Å². The predicted octanol–water partition coefficient (Wildman–Crippen LogP) is 2.58. The number of hydrogen-bond donors (Lipinski definition) is 1. The van der Waals surface area contributed by atoms with E-state index in [2.05, 4.69) is 42.4 Å². The molecule has 106 valence electrons. The van der Waals surface area contributed by atoms with E-state index in [0.717, 1.165) is 25.6 Å². The molecule has 0 atom stereocenters. The van der Waals surface area contributed by atoms with E-state index in [1.165, 1.54) is 36.2 Å². The van der Waals surface area contributed by atoms with E-state index < -0.39 is 0 Å². The zero-order valence-electron chi connectivity index (χ0n) is 12.4.